The number of piperidine rings is 1. The van der Waals surface area contributed by atoms with Crippen LogP contribution in [0.2, 0.25) is 0 Å². The minimum Gasteiger partial charge on any atom is -0.504 e. The Balaban J connectivity index is 1.18. The molecule has 0 spiro atoms. The summed E-state index contributed by atoms with van der Waals surface area (Å²) in [5.41, 5.74) is 13.4. The second-order valence-electron chi connectivity index (χ2n) is 15.2. The minimum atomic E-state index is -0.614. The van der Waals surface area contributed by atoms with Gasteiger partial charge in [-0.1, -0.05) is 73.5 Å². The van der Waals surface area contributed by atoms with Gasteiger partial charge < -0.3 is 31.3 Å². The number of phenols is 1. The zero-order valence-electron chi connectivity index (χ0n) is 33.0. The zero-order chi connectivity index (χ0) is 39.5. The summed E-state index contributed by atoms with van der Waals surface area (Å²) >= 11 is 0. The van der Waals surface area contributed by atoms with Crippen LogP contribution in [-0.4, -0.2) is 60.2 Å². The highest BCUT2D eigenvalue weighted by molar-refractivity contribution is 6.06. The van der Waals surface area contributed by atoms with Gasteiger partial charge in [-0.2, -0.15) is 0 Å². The summed E-state index contributed by atoms with van der Waals surface area (Å²) in [7, 11) is 2.02. The molecule has 1 aliphatic rings. The Labute approximate surface area is 332 Å². The number of nitrogen functional groups attached to an aromatic ring is 1. The van der Waals surface area contributed by atoms with Crippen molar-refractivity contribution in [1.82, 2.24) is 15.6 Å². The Bertz CT molecular complexity index is 1870. The van der Waals surface area contributed by atoms with E-state index in [1.54, 1.807) is 24.4 Å². The van der Waals surface area contributed by atoms with E-state index in [4.69, 9.17) is 10.5 Å². The summed E-state index contributed by atoms with van der Waals surface area (Å²) in [4.78, 5) is 30.1. The molecule has 9 nitrogen and oxygen atoms in total. The van der Waals surface area contributed by atoms with Crippen LogP contribution in [-0.2, 0) is 41.7 Å². The van der Waals surface area contributed by atoms with E-state index in [0.717, 1.165) is 93.6 Å². The molecule has 2 heterocycles. The molecule has 0 radical (unpaired) electrons. The van der Waals surface area contributed by atoms with Gasteiger partial charge in [0.1, 0.15) is 11.6 Å². The summed E-state index contributed by atoms with van der Waals surface area (Å²) in [5, 5.41) is 27.0. The van der Waals surface area contributed by atoms with Crippen LogP contribution in [0.3, 0.4) is 0 Å². The van der Waals surface area contributed by atoms with Crippen LogP contribution < -0.4 is 21.1 Å². The Hall–Kier alpha value is -4.83. The molecule has 0 bridgehead atoms. The Morgan fingerprint density at radius 3 is 2.39 bits per heavy atom. The fourth-order valence-electron chi connectivity index (χ4n) is 7.93. The average Bonchev–Trinajstić information content (AvgIpc) is 3.21. The van der Waals surface area contributed by atoms with Gasteiger partial charge in [0.2, 0.25) is 0 Å². The van der Waals surface area contributed by atoms with E-state index in [-0.39, 0.29) is 29.5 Å². The summed E-state index contributed by atoms with van der Waals surface area (Å²) in [6.07, 6.45) is 15.5. The molecule has 0 amide bonds. The van der Waals surface area contributed by atoms with Gasteiger partial charge in [-0.3, -0.25) is 9.59 Å². The first-order valence-corrected chi connectivity index (χ1v) is 20.3. The van der Waals surface area contributed by atoms with Crippen LogP contribution in [0.4, 0.5) is 5.82 Å². The highest BCUT2D eigenvalue weighted by atomic mass is 16.6. The largest absolute Gasteiger partial charge is 0.504 e. The molecule has 9 heteroatoms. The third kappa shape index (κ3) is 13.7. The third-order valence-electron chi connectivity index (χ3n) is 11.0. The van der Waals surface area contributed by atoms with Gasteiger partial charge in [0, 0.05) is 12.6 Å². The Morgan fingerprint density at radius 1 is 0.911 bits per heavy atom. The maximum absolute atomic E-state index is 13.0. The predicted octanol–water partition coefficient (Wildman–Crippen LogP) is 7.19. The monoisotopic (exact) mass is 760 g/mol. The number of hydrogen-bond donors (Lipinski definition) is 5. The van der Waals surface area contributed by atoms with E-state index >= 15 is 0 Å². The molecule has 3 aromatic carbocycles. The van der Waals surface area contributed by atoms with Crippen LogP contribution in [0.5, 0.6) is 11.5 Å². The lowest BCUT2D eigenvalue weighted by Crippen LogP contribution is -2.35. The number of carbonyl (C=O) groups is 2. The number of aryl methyl sites for hydroxylation is 4. The van der Waals surface area contributed by atoms with Crippen molar-refractivity contribution in [2.24, 2.45) is 11.8 Å². The third-order valence-corrected chi connectivity index (χ3v) is 11.0. The van der Waals surface area contributed by atoms with Gasteiger partial charge >= 0.3 is 0 Å². The molecular formula is C47H60N4O5. The number of hydrogen-bond acceptors (Lipinski definition) is 9. The van der Waals surface area contributed by atoms with Crippen LogP contribution in [0.15, 0.2) is 85.1 Å². The molecular weight excluding hydrogens is 701 g/mol. The molecule has 1 fully saturated rings. The van der Waals surface area contributed by atoms with Crippen LogP contribution in [0.25, 0.3) is 6.08 Å². The van der Waals surface area contributed by atoms with E-state index in [2.05, 4.69) is 64.1 Å². The van der Waals surface area contributed by atoms with Crippen molar-refractivity contribution in [3.8, 4) is 11.5 Å². The second-order valence-corrected chi connectivity index (χ2v) is 15.2. The van der Waals surface area contributed by atoms with Crippen LogP contribution in [0.1, 0.15) is 90.3 Å². The van der Waals surface area contributed by atoms with Gasteiger partial charge in [0.15, 0.2) is 24.1 Å². The van der Waals surface area contributed by atoms with Gasteiger partial charge in [-0.05, 0) is 160 Å². The first-order valence-electron chi connectivity index (χ1n) is 20.3. The highest BCUT2D eigenvalue weighted by Gasteiger charge is 2.22. The molecule has 5 rings (SSSR count). The van der Waals surface area contributed by atoms with Gasteiger partial charge in [0.25, 0.3) is 0 Å². The van der Waals surface area contributed by atoms with Gasteiger partial charge in [0.05, 0.1) is 6.42 Å². The van der Waals surface area contributed by atoms with E-state index < -0.39 is 6.79 Å². The number of anilines is 1. The molecule has 1 saturated heterocycles. The number of aliphatic hydroxyl groups excluding tert-OH is 1. The van der Waals surface area contributed by atoms with Crippen molar-refractivity contribution in [2.75, 3.05) is 39.2 Å². The Kier molecular flexibility index (Phi) is 17.1. The average molecular weight is 761 g/mol. The molecule has 1 aliphatic heterocycles. The summed E-state index contributed by atoms with van der Waals surface area (Å²) < 4.78 is 5.26. The van der Waals surface area contributed by atoms with Crippen molar-refractivity contribution < 1.29 is 24.5 Å². The first-order chi connectivity index (χ1) is 27.3. The molecule has 56 heavy (non-hydrogen) atoms. The van der Waals surface area contributed by atoms with Gasteiger partial charge in [-0.25, -0.2) is 4.98 Å². The summed E-state index contributed by atoms with van der Waals surface area (Å²) in [6, 6.07) is 24.3. The number of aromatic hydroxyl groups is 1. The maximum Gasteiger partial charge on any atom is 0.186 e. The van der Waals surface area contributed by atoms with Crippen molar-refractivity contribution in [3.05, 3.63) is 124 Å². The number of ether oxygens (including phenoxy) is 1. The number of benzene rings is 3. The second kappa shape index (κ2) is 22.7. The van der Waals surface area contributed by atoms with Gasteiger partial charge in [-0.15, -0.1) is 0 Å². The molecule has 1 atom stereocenters. The lowest BCUT2D eigenvalue weighted by atomic mass is 9.81. The Morgan fingerprint density at radius 2 is 1.64 bits per heavy atom. The molecule has 6 N–H and O–H groups in total. The van der Waals surface area contributed by atoms with Crippen LogP contribution in [0, 0.1) is 11.8 Å². The number of aromatic nitrogens is 1. The molecule has 0 unspecified atom stereocenters. The smallest absolute Gasteiger partial charge is 0.186 e. The van der Waals surface area contributed by atoms with Crippen molar-refractivity contribution >= 4 is 23.5 Å². The number of pyridine rings is 1. The predicted molar refractivity (Wildman–Crippen MR) is 225 cm³/mol. The number of allylic oxidation sites excluding steroid dienone is 1. The fourth-order valence-corrected chi connectivity index (χ4v) is 7.93. The number of ketones is 2. The van der Waals surface area contributed by atoms with Crippen molar-refractivity contribution in [2.45, 2.75) is 83.5 Å². The number of rotatable bonds is 23. The van der Waals surface area contributed by atoms with Crippen LogP contribution >= 0.6 is 0 Å². The lowest BCUT2D eigenvalue weighted by molar-refractivity contribution is -0.124. The number of carbonyl (C=O) groups excluding carboxylic acids is 2. The number of aliphatic hydroxyl groups is 1. The zero-order valence-corrected chi connectivity index (χ0v) is 33.0. The number of Topliss-reactive ketones (excluding diaryl/α,β-unsaturated/α-hetero) is 1. The lowest BCUT2D eigenvalue weighted by Gasteiger charge is -2.30. The van der Waals surface area contributed by atoms with Crippen molar-refractivity contribution in [1.29, 1.82) is 0 Å². The van der Waals surface area contributed by atoms with E-state index in [9.17, 15) is 19.8 Å². The quantitative estimate of drug-likeness (QED) is 0.0230. The molecule has 0 saturated carbocycles. The normalized spacial score (nSPS) is 13.9. The SMILES string of the molecule is CNC[C@H](CCCCCC(=O)CC(=O)/C=C/c1cc(OCO)c(O)cc1Cc1cnc(N)cc1CCc1cccc(CCc2ccccc2)c1)C1CCNCC1. The van der Waals surface area contributed by atoms with E-state index in [0.29, 0.717) is 30.1 Å². The maximum atomic E-state index is 13.0. The molecule has 298 valence electrons. The number of unbranched alkanes of at least 4 members (excludes halogenated alkanes) is 2. The van der Waals surface area contributed by atoms with Crippen molar-refractivity contribution in [3.63, 3.8) is 0 Å². The number of phenolic OH excluding ortho intramolecular Hbond substituents is 1. The highest BCUT2D eigenvalue weighted by Crippen LogP contribution is 2.33. The number of nitrogens with one attached hydrogen (secondary N) is 2. The molecule has 4 aromatic rings. The standard InChI is InChI=1S/C47H60N4O5/c1-49-31-40(37-21-23-50-24-22-37)13-6-3-7-14-43(53)30-44(54)20-19-38-28-46(56-33-52)45(55)27-41(38)26-42-32-51-47(48)29-39(42)18-17-36-12-8-11-35(25-36)16-15-34-9-4-2-5-10-34/h2,4-5,8-12,19-20,25,27-29,32,37,40,49-50,52,55H,3,6-7,13-18,21-24,26,30-31,33H2,1H3,(H2,48,51)/b20-19+/t40-/m0/s1. The van der Waals surface area contributed by atoms with E-state index in [1.165, 1.54) is 35.6 Å². The summed E-state index contributed by atoms with van der Waals surface area (Å²) in [6.45, 7) is 2.61. The van der Waals surface area contributed by atoms with E-state index in [1.807, 2.05) is 19.2 Å². The number of nitrogens with zero attached hydrogens (tertiary/aromatic N) is 1. The fraction of sp³-hybridized carbons (Fsp3) is 0.426. The minimum absolute atomic E-state index is 0.0562. The number of nitrogens with two attached hydrogens (primary N) is 1. The first kappa shape index (κ1) is 42.3. The molecule has 0 aliphatic carbocycles. The topological polar surface area (TPSA) is 147 Å². The molecule has 1 aromatic heterocycles. The summed E-state index contributed by atoms with van der Waals surface area (Å²) in [5.74, 6) is 1.49.